The molecule has 4 atom stereocenters. The van der Waals surface area contributed by atoms with Gasteiger partial charge in [0.2, 0.25) is 5.91 Å². The fourth-order valence-corrected chi connectivity index (χ4v) is 5.92. The number of rotatable bonds is 4. The molecule has 2 saturated carbocycles. The monoisotopic (exact) mass is 414 g/mol. The first kappa shape index (κ1) is 17.6. The molecule has 3 aromatic rings. The van der Waals surface area contributed by atoms with Crippen molar-refractivity contribution in [3.8, 4) is 11.3 Å². The molecule has 2 bridgehead atoms. The molecule has 5 aliphatic rings. The number of hydrogen-bond donors (Lipinski definition) is 2. The highest BCUT2D eigenvalue weighted by molar-refractivity contribution is 6.04. The number of amides is 1. The van der Waals surface area contributed by atoms with Crippen LogP contribution in [-0.2, 0) is 9.53 Å². The Morgan fingerprint density at radius 3 is 2.94 bits per heavy atom. The lowest BCUT2D eigenvalue weighted by molar-refractivity contribution is -0.120. The average molecular weight is 414 g/mol. The van der Waals surface area contributed by atoms with Gasteiger partial charge in [0.1, 0.15) is 11.6 Å². The molecule has 8 heteroatoms. The number of anilines is 2. The molecule has 8 nitrogen and oxygen atoms in total. The van der Waals surface area contributed by atoms with Crippen LogP contribution < -0.4 is 11.1 Å². The van der Waals surface area contributed by atoms with E-state index in [0.717, 1.165) is 47.4 Å². The molecule has 5 fully saturated rings. The standard InChI is InChI=1S/C23H22N6O2/c1-11-2-3-25-6-14(11)17-4-12-5-18(26-7-15(12)21(24)27-17)28-22(30)23-16-8-29(13-9-31-10-13)20(23)19(16)23/h2-7,13,16,19-20H,8-10H2,1H3,(H2,24,27)(H,26,28,30)/t16-,19-,20?,23-/m1/s1. The molecule has 3 saturated heterocycles. The number of carbonyl (C=O) groups excluding carboxylic acids is 1. The summed E-state index contributed by atoms with van der Waals surface area (Å²) in [7, 11) is 0. The van der Waals surface area contributed by atoms with E-state index in [-0.39, 0.29) is 11.3 Å². The van der Waals surface area contributed by atoms with Gasteiger partial charge in [-0.2, -0.15) is 0 Å². The second-order valence-corrected chi connectivity index (χ2v) is 9.23. The van der Waals surface area contributed by atoms with Gasteiger partial charge in [-0.1, -0.05) is 0 Å². The van der Waals surface area contributed by atoms with Gasteiger partial charge >= 0.3 is 0 Å². The third kappa shape index (κ3) is 2.21. The predicted octanol–water partition coefficient (Wildman–Crippen LogP) is 1.85. The summed E-state index contributed by atoms with van der Waals surface area (Å²) in [6, 6.07) is 6.70. The van der Waals surface area contributed by atoms with Gasteiger partial charge in [0.15, 0.2) is 0 Å². The molecule has 6 heterocycles. The molecule has 0 radical (unpaired) electrons. The molecular formula is C23H22N6O2. The number of nitrogens with zero attached hydrogens (tertiary/aromatic N) is 4. The van der Waals surface area contributed by atoms with E-state index in [1.165, 1.54) is 0 Å². The Balaban J connectivity index is 1.17. The zero-order chi connectivity index (χ0) is 20.9. The molecule has 0 aromatic carbocycles. The molecule has 156 valence electrons. The van der Waals surface area contributed by atoms with E-state index in [1.807, 2.05) is 25.1 Å². The number of nitrogen functional groups attached to an aromatic ring is 1. The van der Waals surface area contributed by atoms with Crippen LogP contribution in [0.2, 0.25) is 0 Å². The van der Waals surface area contributed by atoms with E-state index in [1.54, 1.807) is 18.6 Å². The first-order valence-electron chi connectivity index (χ1n) is 10.7. The van der Waals surface area contributed by atoms with Gasteiger partial charge in [0.05, 0.1) is 30.4 Å². The van der Waals surface area contributed by atoms with Gasteiger partial charge in [0.25, 0.3) is 0 Å². The highest BCUT2D eigenvalue weighted by Gasteiger charge is 2.96. The number of fused-ring (bicyclic) bond motifs is 2. The first-order chi connectivity index (χ1) is 15.1. The summed E-state index contributed by atoms with van der Waals surface area (Å²) >= 11 is 0. The van der Waals surface area contributed by atoms with E-state index >= 15 is 0 Å². The molecule has 3 N–H and O–H groups in total. The maximum Gasteiger partial charge on any atom is 0.234 e. The molecule has 31 heavy (non-hydrogen) atoms. The Morgan fingerprint density at radius 2 is 2.19 bits per heavy atom. The van der Waals surface area contributed by atoms with Crippen molar-refractivity contribution in [2.75, 3.05) is 30.8 Å². The quantitative estimate of drug-likeness (QED) is 0.671. The van der Waals surface area contributed by atoms with Crippen molar-refractivity contribution in [2.24, 2.45) is 17.3 Å². The second-order valence-electron chi connectivity index (χ2n) is 9.23. The van der Waals surface area contributed by atoms with Gasteiger partial charge in [-0.3, -0.25) is 14.7 Å². The van der Waals surface area contributed by atoms with E-state index in [4.69, 9.17) is 10.5 Å². The number of aryl methyl sites for hydroxylation is 1. The van der Waals surface area contributed by atoms with Crippen LogP contribution in [0.5, 0.6) is 0 Å². The largest absolute Gasteiger partial charge is 0.383 e. The number of hydrogen-bond acceptors (Lipinski definition) is 7. The summed E-state index contributed by atoms with van der Waals surface area (Å²) in [6.45, 7) is 4.64. The summed E-state index contributed by atoms with van der Waals surface area (Å²) < 4.78 is 5.34. The van der Waals surface area contributed by atoms with Crippen LogP contribution in [0, 0.1) is 24.2 Å². The predicted molar refractivity (Wildman–Crippen MR) is 115 cm³/mol. The molecule has 1 unspecified atom stereocenters. The summed E-state index contributed by atoms with van der Waals surface area (Å²) in [4.78, 5) is 28.8. The number of pyridine rings is 3. The van der Waals surface area contributed by atoms with Crippen LogP contribution in [0.1, 0.15) is 5.56 Å². The van der Waals surface area contributed by atoms with Gasteiger partial charge < -0.3 is 15.8 Å². The van der Waals surface area contributed by atoms with Crippen LogP contribution in [0.4, 0.5) is 11.6 Å². The minimum absolute atomic E-state index is 0.104. The summed E-state index contributed by atoms with van der Waals surface area (Å²) in [5.41, 5.74) is 8.80. The van der Waals surface area contributed by atoms with Crippen molar-refractivity contribution in [1.82, 2.24) is 19.9 Å². The lowest BCUT2D eigenvalue weighted by atomic mass is 10.1. The molecule has 1 amide bonds. The minimum atomic E-state index is -0.193. The number of carbonyl (C=O) groups is 1. The summed E-state index contributed by atoms with van der Waals surface area (Å²) in [5.74, 6) is 2.10. The van der Waals surface area contributed by atoms with Crippen molar-refractivity contribution in [3.05, 3.63) is 42.4 Å². The summed E-state index contributed by atoms with van der Waals surface area (Å²) in [6.07, 6.45) is 5.24. The van der Waals surface area contributed by atoms with Crippen LogP contribution in [0.15, 0.2) is 36.8 Å². The van der Waals surface area contributed by atoms with E-state index < -0.39 is 0 Å². The number of nitrogens with one attached hydrogen (secondary N) is 1. The Hall–Kier alpha value is -3.10. The van der Waals surface area contributed by atoms with Crippen LogP contribution in [-0.4, -0.2) is 57.6 Å². The fraction of sp³-hybridized carbons (Fsp3) is 0.391. The summed E-state index contributed by atoms with van der Waals surface area (Å²) in [5, 5.41) is 4.75. The average Bonchev–Trinajstić information content (AvgIpc) is 3.47. The normalized spacial score (nSPS) is 30.7. The van der Waals surface area contributed by atoms with Gasteiger partial charge in [-0.05, 0) is 47.9 Å². The van der Waals surface area contributed by atoms with Crippen LogP contribution >= 0.6 is 0 Å². The Labute approximate surface area is 178 Å². The van der Waals surface area contributed by atoms with Crippen molar-refractivity contribution < 1.29 is 9.53 Å². The van der Waals surface area contributed by atoms with Crippen molar-refractivity contribution >= 4 is 28.3 Å². The van der Waals surface area contributed by atoms with Crippen molar-refractivity contribution in [3.63, 3.8) is 0 Å². The Kier molecular flexibility index (Phi) is 3.27. The van der Waals surface area contributed by atoms with E-state index in [0.29, 0.717) is 35.6 Å². The first-order valence-corrected chi connectivity index (χ1v) is 10.7. The van der Waals surface area contributed by atoms with Gasteiger partial charge in [0, 0.05) is 42.1 Å². The molecule has 2 aliphatic carbocycles. The highest BCUT2D eigenvalue weighted by atomic mass is 16.5. The number of piperidine rings is 1. The number of nitrogens with two attached hydrogens (primary N) is 1. The molecule has 8 rings (SSSR count). The molecule has 3 aliphatic heterocycles. The Bertz CT molecular complexity index is 1270. The molecule has 3 aromatic heterocycles. The van der Waals surface area contributed by atoms with E-state index in [9.17, 15) is 4.79 Å². The number of aromatic nitrogens is 3. The zero-order valence-electron chi connectivity index (χ0n) is 17.1. The zero-order valence-corrected chi connectivity index (χ0v) is 17.1. The third-order valence-electron chi connectivity index (χ3n) is 7.76. The van der Waals surface area contributed by atoms with Crippen LogP contribution in [0.3, 0.4) is 0 Å². The number of ether oxygens (including phenoxy) is 1. The highest BCUT2D eigenvalue weighted by Crippen LogP contribution is 2.86. The SMILES string of the molecule is Cc1ccncc1-c1cc2cc(NC(=O)[C@@]34C5[C@H]3[C@H]4CN5C3COC3)ncc2c(N)n1. The Morgan fingerprint density at radius 1 is 1.32 bits per heavy atom. The minimum Gasteiger partial charge on any atom is -0.383 e. The fourth-order valence-electron chi connectivity index (χ4n) is 5.92. The molecular weight excluding hydrogens is 392 g/mol. The van der Waals surface area contributed by atoms with Crippen molar-refractivity contribution in [1.29, 1.82) is 0 Å². The lowest BCUT2D eigenvalue weighted by Crippen LogP contribution is -2.48. The van der Waals surface area contributed by atoms with Gasteiger partial charge in [-0.15, -0.1) is 0 Å². The second kappa shape index (κ2) is 5.77. The molecule has 0 spiro atoms. The smallest absolute Gasteiger partial charge is 0.234 e. The van der Waals surface area contributed by atoms with Crippen LogP contribution in [0.25, 0.3) is 22.0 Å². The third-order valence-corrected chi connectivity index (χ3v) is 7.76. The lowest BCUT2D eigenvalue weighted by Gasteiger charge is -2.34. The van der Waals surface area contributed by atoms with Gasteiger partial charge in [-0.25, -0.2) is 9.97 Å². The maximum absolute atomic E-state index is 13.2. The topological polar surface area (TPSA) is 106 Å². The van der Waals surface area contributed by atoms with E-state index in [2.05, 4.69) is 25.2 Å². The maximum atomic E-state index is 13.2. The van der Waals surface area contributed by atoms with Crippen molar-refractivity contribution in [2.45, 2.75) is 19.0 Å².